The first-order chi connectivity index (χ1) is 12.3. The van der Waals surface area contributed by atoms with E-state index < -0.39 is 0 Å². The summed E-state index contributed by atoms with van der Waals surface area (Å²) in [6.07, 6.45) is 3.75. The van der Waals surface area contributed by atoms with Crippen molar-refractivity contribution in [3.05, 3.63) is 61.5 Å². The number of rotatable bonds is 1. The van der Waals surface area contributed by atoms with Gasteiger partial charge in [0.2, 0.25) is 10.2 Å². The van der Waals surface area contributed by atoms with E-state index in [1.807, 2.05) is 65.5 Å². The Morgan fingerprint density at radius 2 is 1.48 bits per heavy atom. The van der Waals surface area contributed by atoms with Crippen LogP contribution in [0.3, 0.4) is 0 Å². The molecule has 0 radical (unpaired) electrons. The van der Waals surface area contributed by atoms with Gasteiger partial charge in [0, 0.05) is 12.4 Å². The van der Waals surface area contributed by atoms with E-state index in [1.54, 1.807) is 23.5 Å². The van der Waals surface area contributed by atoms with Crippen LogP contribution >= 0.6 is 70.6 Å². The van der Waals surface area contributed by atoms with Crippen molar-refractivity contribution >= 4 is 76.1 Å². The molecule has 0 saturated heterocycles. The van der Waals surface area contributed by atoms with Gasteiger partial charge in [-0.3, -0.25) is 4.98 Å². The third-order valence-electron chi connectivity index (χ3n) is 3.56. The highest BCUT2D eigenvalue weighted by atomic mass is 32.3. The monoisotopic (exact) mass is 441 g/mol. The summed E-state index contributed by atoms with van der Waals surface area (Å²) >= 11 is 10.9. The normalized spacial score (nSPS) is 22.2. The Morgan fingerprint density at radius 1 is 0.880 bits per heavy atom. The van der Waals surface area contributed by atoms with Crippen molar-refractivity contribution in [1.82, 2.24) is 4.98 Å². The highest BCUT2D eigenvalue weighted by Crippen LogP contribution is 2.70. The summed E-state index contributed by atoms with van der Waals surface area (Å²) in [7, 11) is 0. The van der Waals surface area contributed by atoms with Gasteiger partial charge in [0.05, 0.1) is 21.2 Å². The van der Waals surface area contributed by atoms with Gasteiger partial charge in [-0.25, -0.2) is 0 Å². The third kappa shape index (κ3) is 3.27. The van der Waals surface area contributed by atoms with Crippen LogP contribution < -0.4 is 0 Å². The first-order valence-electron chi connectivity index (χ1n) is 7.45. The average molecular weight is 442 g/mol. The van der Waals surface area contributed by atoms with Crippen LogP contribution in [0.25, 0.3) is 5.57 Å². The van der Waals surface area contributed by atoms with Crippen molar-refractivity contribution in [2.75, 3.05) is 13.2 Å². The van der Waals surface area contributed by atoms with Crippen LogP contribution in [0.15, 0.2) is 55.9 Å². The van der Waals surface area contributed by atoms with Crippen molar-refractivity contribution in [1.29, 1.82) is 0 Å². The molecule has 4 aliphatic rings. The zero-order chi connectivity index (χ0) is 16.8. The van der Waals surface area contributed by atoms with Crippen molar-refractivity contribution in [2.45, 2.75) is 6.92 Å². The minimum atomic E-state index is 0.650. The molecule has 0 aliphatic carbocycles. The van der Waals surface area contributed by atoms with E-state index in [4.69, 9.17) is 9.47 Å². The molecule has 0 N–H and O–H groups in total. The predicted octanol–water partition coefficient (Wildman–Crippen LogP) is 6.64. The molecule has 25 heavy (non-hydrogen) atoms. The number of aromatic nitrogens is 1. The maximum atomic E-state index is 5.69. The maximum absolute atomic E-state index is 5.69. The van der Waals surface area contributed by atoms with E-state index >= 15 is 0 Å². The van der Waals surface area contributed by atoms with E-state index in [-0.39, 0.29) is 0 Å². The molecule has 128 valence electrons. The van der Waals surface area contributed by atoms with Crippen LogP contribution in [-0.4, -0.2) is 18.2 Å². The van der Waals surface area contributed by atoms with Crippen LogP contribution in [0.4, 0.5) is 0 Å². The van der Waals surface area contributed by atoms with Crippen LogP contribution in [0.2, 0.25) is 0 Å². The van der Waals surface area contributed by atoms with Crippen LogP contribution in [0.1, 0.15) is 12.5 Å². The van der Waals surface area contributed by atoms with Gasteiger partial charge in [-0.05, 0) is 47.7 Å². The summed E-state index contributed by atoms with van der Waals surface area (Å²) in [6, 6.07) is 4.11. The molecular formula is C16H11NO2S6. The van der Waals surface area contributed by atoms with Gasteiger partial charge < -0.3 is 9.47 Å². The predicted molar refractivity (Wildman–Crippen MR) is 115 cm³/mol. The highest BCUT2D eigenvalue weighted by molar-refractivity contribution is 8.49. The molecule has 1 aromatic rings. The summed E-state index contributed by atoms with van der Waals surface area (Å²) in [4.78, 5) is 4.23. The average Bonchev–Trinajstić information content (AvgIpc) is 3.33. The molecular weight excluding hydrogens is 431 g/mol. The van der Waals surface area contributed by atoms with E-state index in [2.05, 4.69) is 18.0 Å². The van der Waals surface area contributed by atoms with Crippen molar-refractivity contribution in [3.63, 3.8) is 0 Å². The summed E-state index contributed by atoms with van der Waals surface area (Å²) in [5.41, 5.74) is 2.50. The molecule has 5 heterocycles. The second-order valence-corrected chi connectivity index (χ2v) is 12.5. The Labute approximate surface area is 171 Å². The molecule has 1 aromatic heterocycles. The molecule has 3 nitrogen and oxygen atoms in total. The standard InChI is InChI=1S/C16H11NO2S6/c1-8(9-3-2-4-17-7-9)12-22-15-16(23-12)25-14(24-15)13-20-10-11(21-13)19-6-5-18-10/h2-4,7H,5-6H2,1H3. The van der Waals surface area contributed by atoms with Gasteiger partial charge in [0.25, 0.3) is 0 Å². The lowest BCUT2D eigenvalue weighted by molar-refractivity contribution is 0.0949. The Balaban J connectivity index is 1.31. The van der Waals surface area contributed by atoms with E-state index in [1.165, 1.54) is 32.3 Å². The topological polar surface area (TPSA) is 31.4 Å². The molecule has 0 unspecified atom stereocenters. The first kappa shape index (κ1) is 16.9. The van der Waals surface area contributed by atoms with E-state index in [0.717, 1.165) is 10.2 Å². The van der Waals surface area contributed by atoms with E-state index in [9.17, 15) is 0 Å². The zero-order valence-corrected chi connectivity index (χ0v) is 17.8. The molecule has 0 fully saturated rings. The summed E-state index contributed by atoms with van der Waals surface area (Å²) in [5.74, 6) is 0. The minimum Gasteiger partial charge on any atom is -0.480 e. The van der Waals surface area contributed by atoms with Crippen molar-refractivity contribution in [2.24, 2.45) is 0 Å². The smallest absolute Gasteiger partial charge is 0.208 e. The second kappa shape index (κ2) is 7.09. The maximum Gasteiger partial charge on any atom is 0.208 e. The number of hydrogen-bond donors (Lipinski definition) is 0. The molecule has 0 spiro atoms. The number of ether oxygens (including phenoxy) is 2. The first-order valence-corrected chi connectivity index (χ1v) is 12.3. The molecule has 0 atom stereocenters. The molecule has 4 aliphatic heterocycles. The van der Waals surface area contributed by atoms with Gasteiger partial charge in [-0.1, -0.05) is 53.1 Å². The number of nitrogens with zero attached hydrogens (tertiary/aromatic N) is 1. The van der Waals surface area contributed by atoms with Gasteiger partial charge in [-0.2, -0.15) is 0 Å². The van der Waals surface area contributed by atoms with Crippen LogP contribution in [-0.2, 0) is 9.47 Å². The van der Waals surface area contributed by atoms with Crippen molar-refractivity contribution in [3.8, 4) is 0 Å². The highest BCUT2D eigenvalue weighted by Gasteiger charge is 2.36. The fourth-order valence-electron chi connectivity index (χ4n) is 2.33. The molecule has 0 saturated carbocycles. The summed E-state index contributed by atoms with van der Waals surface area (Å²) < 4.78 is 18.2. The lowest BCUT2D eigenvalue weighted by Crippen LogP contribution is -2.08. The van der Waals surface area contributed by atoms with Gasteiger partial charge >= 0.3 is 0 Å². The minimum absolute atomic E-state index is 0.650. The van der Waals surface area contributed by atoms with E-state index in [0.29, 0.717) is 13.2 Å². The fraction of sp³-hybridized carbons (Fsp3) is 0.188. The number of thioether (sulfide) groups is 6. The Morgan fingerprint density at radius 3 is 2.08 bits per heavy atom. The molecule has 0 amide bonds. The molecule has 0 bridgehead atoms. The van der Waals surface area contributed by atoms with Gasteiger partial charge in [0.1, 0.15) is 13.2 Å². The SMILES string of the molecule is CC(=C1SC2=C(SC(=C3SC4=C(OCCO4)S3)S2)S1)c1cccnc1. The fourth-order valence-corrected chi connectivity index (χ4v) is 11.3. The summed E-state index contributed by atoms with van der Waals surface area (Å²) in [5, 5.41) is 1.86. The second-order valence-electron chi connectivity index (χ2n) is 5.19. The Kier molecular flexibility index (Phi) is 4.80. The molecule has 0 aromatic carbocycles. The van der Waals surface area contributed by atoms with Gasteiger partial charge in [0.15, 0.2) is 0 Å². The number of hydrogen-bond acceptors (Lipinski definition) is 9. The zero-order valence-electron chi connectivity index (χ0n) is 12.9. The largest absolute Gasteiger partial charge is 0.480 e. The quantitative estimate of drug-likeness (QED) is 0.476. The lowest BCUT2D eigenvalue weighted by Gasteiger charge is -2.13. The molecule has 5 rings (SSSR count). The lowest BCUT2D eigenvalue weighted by atomic mass is 10.2. The molecule has 9 heteroatoms. The summed E-state index contributed by atoms with van der Waals surface area (Å²) in [6.45, 7) is 3.48. The number of pyridine rings is 1. The Hall–Kier alpha value is -0.190. The number of allylic oxidation sites excluding steroid dienone is 1. The van der Waals surface area contributed by atoms with Crippen molar-refractivity contribution < 1.29 is 9.47 Å². The third-order valence-corrected chi connectivity index (χ3v) is 12.3. The Bertz CT molecular complexity index is 832. The van der Waals surface area contributed by atoms with Gasteiger partial charge in [-0.15, -0.1) is 0 Å². The van der Waals surface area contributed by atoms with Crippen LogP contribution in [0.5, 0.6) is 0 Å². The van der Waals surface area contributed by atoms with Crippen LogP contribution in [0, 0.1) is 0 Å².